The summed E-state index contributed by atoms with van der Waals surface area (Å²) >= 11 is 6.02. The predicted molar refractivity (Wildman–Crippen MR) is 116 cm³/mol. The van der Waals surface area contributed by atoms with E-state index >= 15 is 0 Å². The molecule has 0 radical (unpaired) electrons. The predicted octanol–water partition coefficient (Wildman–Crippen LogP) is 4.50. The Balaban J connectivity index is 2.18. The normalized spacial score (nSPS) is 12.7. The van der Waals surface area contributed by atoms with Crippen LogP contribution in [-0.4, -0.2) is 35.4 Å². The molecule has 0 unspecified atom stereocenters. The molecule has 0 spiro atoms. The second-order valence-electron chi connectivity index (χ2n) is 7.31. The highest BCUT2D eigenvalue weighted by Gasteiger charge is 2.27. The van der Waals surface area contributed by atoms with Crippen LogP contribution in [0.3, 0.4) is 0 Å². The highest BCUT2D eigenvalue weighted by atomic mass is 35.5. The van der Waals surface area contributed by atoms with Gasteiger partial charge >= 0.3 is 0 Å². The lowest BCUT2D eigenvalue weighted by Gasteiger charge is -2.29. The number of rotatable bonds is 9. The third-order valence-corrected chi connectivity index (χ3v) is 5.38. The first kappa shape index (κ1) is 23.7. The molecule has 2 aromatic rings. The van der Waals surface area contributed by atoms with E-state index in [1.54, 1.807) is 43.3 Å². The van der Waals surface area contributed by atoms with E-state index in [9.17, 15) is 14.0 Å². The van der Waals surface area contributed by atoms with Crippen LogP contribution in [0, 0.1) is 12.7 Å². The van der Waals surface area contributed by atoms with Crippen LogP contribution in [0.5, 0.6) is 5.75 Å². The molecule has 0 heterocycles. The molecule has 1 N–H and O–H groups in total. The van der Waals surface area contributed by atoms with Crippen molar-refractivity contribution in [1.29, 1.82) is 0 Å². The summed E-state index contributed by atoms with van der Waals surface area (Å²) in [6.07, 6.45) is 0.763. The summed E-state index contributed by atoms with van der Waals surface area (Å²) in [5, 5.41) is 3.47. The van der Waals surface area contributed by atoms with Gasteiger partial charge in [0.05, 0.1) is 0 Å². The summed E-state index contributed by atoms with van der Waals surface area (Å²) in [6.45, 7) is 6.99. The van der Waals surface area contributed by atoms with E-state index in [-0.39, 0.29) is 25.1 Å². The van der Waals surface area contributed by atoms with E-state index in [2.05, 4.69) is 5.32 Å². The number of amides is 2. The quantitative estimate of drug-likeness (QED) is 0.632. The van der Waals surface area contributed by atoms with Crippen molar-refractivity contribution < 1.29 is 18.7 Å². The molecule has 162 valence electrons. The highest BCUT2D eigenvalue weighted by Crippen LogP contribution is 2.21. The Bertz CT molecular complexity index is 891. The first-order valence-electron chi connectivity index (χ1n) is 9.95. The molecule has 0 aliphatic carbocycles. The molecule has 0 aliphatic rings. The maximum absolute atomic E-state index is 14.2. The Morgan fingerprint density at radius 1 is 1.20 bits per heavy atom. The molecule has 5 nitrogen and oxygen atoms in total. The highest BCUT2D eigenvalue weighted by molar-refractivity contribution is 6.31. The van der Waals surface area contributed by atoms with Crippen LogP contribution in [0.2, 0.25) is 5.02 Å². The average Bonchev–Trinajstić information content (AvgIpc) is 2.73. The second kappa shape index (κ2) is 11.0. The standard InChI is InChI=1S/C23H28ClFN2O3/c1-5-16(3)26-23(29)17(4)27(13-18-8-6-7-9-21(18)25)22(28)14-30-19-10-11-20(24)15(2)12-19/h6-12,16-17H,5,13-14H2,1-4H3,(H,26,29)/t16-,17+/m1/s1. The molecule has 0 saturated heterocycles. The summed E-state index contributed by atoms with van der Waals surface area (Å²) in [4.78, 5) is 26.9. The van der Waals surface area contributed by atoms with Crippen molar-refractivity contribution in [2.45, 2.75) is 52.7 Å². The second-order valence-corrected chi connectivity index (χ2v) is 7.71. The maximum Gasteiger partial charge on any atom is 0.261 e. The van der Waals surface area contributed by atoms with Crippen LogP contribution in [0.4, 0.5) is 4.39 Å². The first-order valence-corrected chi connectivity index (χ1v) is 10.3. The van der Waals surface area contributed by atoms with E-state index < -0.39 is 17.8 Å². The van der Waals surface area contributed by atoms with Gasteiger partial charge in [-0.3, -0.25) is 9.59 Å². The van der Waals surface area contributed by atoms with Crippen molar-refractivity contribution in [3.63, 3.8) is 0 Å². The maximum atomic E-state index is 14.2. The van der Waals surface area contributed by atoms with Gasteiger partial charge in [-0.15, -0.1) is 0 Å². The lowest BCUT2D eigenvalue weighted by molar-refractivity contribution is -0.142. The van der Waals surface area contributed by atoms with Gasteiger partial charge in [0.1, 0.15) is 17.6 Å². The Labute approximate surface area is 182 Å². The van der Waals surface area contributed by atoms with E-state index in [0.29, 0.717) is 16.3 Å². The van der Waals surface area contributed by atoms with Gasteiger partial charge in [-0.25, -0.2) is 4.39 Å². The van der Waals surface area contributed by atoms with Crippen molar-refractivity contribution >= 4 is 23.4 Å². The van der Waals surface area contributed by atoms with Gasteiger partial charge in [-0.1, -0.05) is 36.7 Å². The summed E-state index contributed by atoms with van der Waals surface area (Å²) in [5.74, 6) is -0.652. The lowest BCUT2D eigenvalue weighted by Crippen LogP contribution is -2.50. The molecule has 0 aromatic heterocycles. The minimum absolute atomic E-state index is 0.0290. The van der Waals surface area contributed by atoms with Gasteiger partial charge < -0.3 is 15.0 Å². The molecule has 2 aromatic carbocycles. The zero-order chi connectivity index (χ0) is 22.3. The van der Waals surface area contributed by atoms with Crippen molar-refractivity contribution in [3.8, 4) is 5.75 Å². The average molecular weight is 435 g/mol. The van der Waals surface area contributed by atoms with Gasteiger partial charge in [-0.05, 0) is 57.0 Å². The van der Waals surface area contributed by atoms with E-state index in [4.69, 9.17) is 16.3 Å². The van der Waals surface area contributed by atoms with Crippen molar-refractivity contribution in [3.05, 3.63) is 64.4 Å². The van der Waals surface area contributed by atoms with Gasteiger partial charge in [0.25, 0.3) is 5.91 Å². The molecular weight excluding hydrogens is 407 g/mol. The number of carbonyl (C=O) groups is 2. The number of nitrogens with one attached hydrogen (secondary N) is 1. The fraction of sp³-hybridized carbons (Fsp3) is 0.391. The minimum Gasteiger partial charge on any atom is -0.484 e. The number of benzene rings is 2. The van der Waals surface area contributed by atoms with E-state index in [1.807, 2.05) is 20.8 Å². The number of halogens is 2. The largest absolute Gasteiger partial charge is 0.484 e. The summed E-state index contributed by atoms with van der Waals surface area (Å²) in [6, 6.07) is 10.5. The molecule has 0 bridgehead atoms. The lowest BCUT2D eigenvalue weighted by atomic mass is 10.1. The Kier molecular flexibility index (Phi) is 8.66. The molecule has 2 amide bonds. The van der Waals surface area contributed by atoms with Crippen molar-refractivity contribution in [1.82, 2.24) is 10.2 Å². The number of hydrogen-bond acceptors (Lipinski definition) is 3. The van der Waals surface area contributed by atoms with Crippen LogP contribution in [-0.2, 0) is 16.1 Å². The molecule has 0 fully saturated rings. The monoisotopic (exact) mass is 434 g/mol. The summed E-state index contributed by atoms with van der Waals surface area (Å²) in [5.41, 5.74) is 1.16. The molecule has 2 atom stereocenters. The van der Waals surface area contributed by atoms with Gasteiger partial charge in [0.15, 0.2) is 6.61 Å². The van der Waals surface area contributed by atoms with Gasteiger partial charge in [0.2, 0.25) is 5.91 Å². The molecule has 2 rings (SSSR count). The minimum atomic E-state index is -0.790. The van der Waals surface area contributed by atoms with Gasteiger partial charge in [0, 0.05) is 23.2 Å². The van der Waals surface area contributed by atoms with Crippen LogP contribution in [0.25, 0.3) is 0 Å². The molecule has 0 saturated carbocycles. The first-order chi connectivity index (χ1) is 14.2. The fourth-order valence-electron chi connectivity index (χ4n) is 2.79. The third kappa shape index (κ3) is 6.46. The number of hydrogen-bond donors (Lipinski definition) is 1. The Morgan fingerprint density at radius 3 is 2.53 bits per heavy atom. The third-order valence-electron chi connectivity index (χ3n) is 4.96. The number of carbonyl (C=O) groups excluding carboxylic acids is 2. The summed E-state index contributed by atoms with van der Waals surface area (Å²) in [7, 11) is 0. The number of aryl methyl sites for hydroxylation is 1. The smallest absolute Gasteiger partial charge is 0.261 e. The topological polar surface area (TPSA) is 58.6 Å². The van der Waals surface area contributed by atoms with Crippen LogP contribution >= 0.6 is 11.6 Å². The van der Waals surface area contributed by atoms with E-state index in [0.717, 1.165) is 12.0 Å². The number of nitrogens with zero attached hydrogens (tertiary/aromatic N) is 1. The molecule has 7 heteroatoms. The van der Waals surface area contributed by atoms with E-state index in [1.165, 1.54) is 11.0 Å². The molecule has 30 heavy (non-hydrogen) atoms. The number of ether oxygens (including phenoxy) is 1. The van der Waals surface area contributed by atoms with Gasteiger partial charge in [-0.2, -0.15) is 0 Å². The van der Waals surface area contributed by atoms with Crippen LogP contribution in [0.15, 0.2) is 42.5 Å². The Hall–Kier alpha value is -2.60. The van der Waals surface area contributed by atoms with Crippen molar-refractivity contribution in [2.24, 2.45) is 0 Å². The summed E-state index contributed by atoms with van der Waals surface area (Å²) < 4.78 is 19.8. The van der Waals surface area contributed by atoms with Crippen molar-refractivity contribution in [2.75, 3.05) is 6.61 Å². The zero-order valence-electron chi connectivity index (χ0n) is 17.7. The zero-order valence-corrected chi connectivity index (χ0v) is 18.5. The molecule has 0 aliphatic heterocycles. The molecular formula is C23H28ClFN2O3. The fourth-order valence-corrected chi connectivity index (χ4v) is 2.91. The van der Waals surface area contributed by atoms with Crippen LogP contribution in [0.1, 0.15) is 38.3 Å². The van der Waals surface area contributed by atoms with Crippen LogP contribution < -0.4 is 10.1 Å². The Morgan fingerprint density at radius 2 is 1.90 bits per heavy atom. The SMILES string of the molecule is CC[C@@H](C)NC(=O)[C@H](C)N(Cc1ccccc1F)C(=O)COc1ccc(Cl)c(C)c1.